The summed E-state index contributed by atoms with van der Waals surface area (Å²) in [6.45, 7) is 6.88. The third-order valence-corrected chi connectivity index (χ3v) is 3.44. The minimum atomic E-state index is -0.453. The molecule has 1 saturated heterocycles. The monoisotopic (exact) mass is 342 g/mol. The summed E-state index contributed by atoms with van der Waals surface area (Å²) in [6, 6.07) is 0.248. The van der Waals surface area contributed by atoms with Gasteiger partial charge in [-0.1, -0.05) is 0 Å². The Morgan fingerprint density at radius 2 is 2.05 bits per heavy atom. The highest BCUT2D eigenvalue weighted by Gasteiger charge is 2.36. The molecule has 0 aromatic carbocycles. The summed E-state index contributed by atoms with van der Waals surface area (Å²) in [5, 5.41) is 0. The number of carbonyl (C=O) groups excluding carboxylic acids is 1. The van der Waals surface area contributed by atoms with E-state index in [9.17, 15) is 4.79 Å². The molecule has 6 nitrogen and oxygen atoms in total. The van der Waals surface area contributed by atoms with Gasteiger partial charge < -0.3 is 14.5 Å². The minimum absolute atomic E-state index is 0.248. The highest BCUT2D eigenvalue weighted by molar-refractivity contribution is 9.10. The maximum Gasteiger partial charge on any atom is 0.410 e. The van der Waals surface area contributed by atoms with Gasteiger partial charge in [0, 0.05) is 20.1 Å². The number of amides is 1. The molecule has 0 radical (unpaired) electrons. The fourth-order valence-electron chi connectivity index (χ4n) is 1.85. The van der Waals surface area contributed by atoms with Crippen LogP contribution in [-0.4, -0.2) is 52.7 Å². The van der Waals surface area contributed by atoms with Crippen LogP contribution in [0, 0.1) is 0 Å². The summed E-state index contributed by atoms with van der Waals surface area (Å²) in [6.07, 6.45) is 3.11. The first kappa shape index (κ1) is 15.0. The lowest BCUT2D eigenvalue weighted by Gasteiger charge is -2.44. The Morgan fingerprint density at radius 3 is 2.55 bits per heavy atom. The Morgan fingerprint density at radius 1 is 1.40 bits per heavy atom. The predicted octanol–water partition coefficient (Wildman–Crippen LogP) is 2.29. The molecule has 1 amide bonds. The van der Waals surface area contributed by atoms with E-state index in [4.69, 9.17) is 4.74 Å². The summed E-state index contributed by atoms with van der Waals surface area (Å²) in [7, 11) is 1.95. The van der Waals surface area contributed by atoms with Crippen molar-refractivity contribution in [1.29, 1.82) is 0 Å². The lowest BCUT2D eigenvalue weighted by Crippen LogP contribution is -2.61. The number of halogens is 1. The summed E-state index contributed by atoms with van der Waals surface area (Å²) >= 11 is 3.26. The van der Waals surface area contributed by atoms with Crippen molar-refractivity contribution in [3.8, 4) is 0 Å². The van der Waals surface area contributed by atoms with Crippen LogP contribution in [0.1, 0.15) is 20.8 Å². The number of aromatic nitrogens is 2. The first-order valence-electron chi connectivity index (χ1n) is 6.44. The van der Waals surface area contributed by atoms with Crippen molar-refractivity contribution in [3.05, 3.63) is 17.0 Å². The number of likely N-dealkylation sites (tertiary alicyclic amines) is 1. The van der Waals surface area contributed by atoms with Crippen LogP contribution < -0.4 is 4.90 Å². The molecule has 2 heterocycles. The van der Waals surface area contributed by atoms with Crippen LogP contribution in [0.4, 0.5) is 10.6 Å². The summed E-state index contributed by atoms with van der Waals surface area (Å²) in [4.78, 5) is 24.0. The Hall–Kier alpha value is -1.37. The molecule has 0 atom stereocenters. The summed E-state index contributed by atoms with van der Waals surface area (Å²) in [5.74, 6) is 0.794. The van der Waals surface area contributed by atoms with Gasteiger partial charge in [-0.2, -0.15) is 0 Å². The number of hydrogen-bond donors (Lipinski definition) is 0. The van der Waals surface area contributed by atoms with Gasteiger partial charge in [-0.15, -0.1) is 0 Å². The van der Waals surface area contributed by atoms with Gasteiger partial charge in [0.05, 0.1) is 18.4 Å². The molecule has 7 heteroatoms. The third kappa shape index (κ3) is 3.59. The zero-order chi connectivity index (χ0) is 14.9. The van der Waals surface area contributed by atoms with Gasteiger partial charge >= 0.3 is 6.09 Å². The molecule has 1 fully saturated rings. The van der Waals surface area contributed by atoms with Crippen molar-refractivity contribution in [1.82, 2.24) is 14.9 Å². The van der Waals surface area contributed by atoms with Crippen LogP contribution in [-0.2, 0) is 4.74 Å². The molecule has 0 spiro atoms. The van der Waals surface area contributed by atoms with Crippen LogP contribution in [0.25, 0.3) is 0 Å². The van der Waals surface area contributed by atoms with Gasteiger partial charge in [-0.25, -0.2) is 14.8 Å². The van der Waals surface area contributed by atoms with Crippen LogP contribution in [0.3, 0.4) is 0 Å². The second-order valence-electron chi connectivity index (χ2n) is 5.85. The smallest absolute Gasteiger partial charge is 0.410 e. The highest BCUT2D eigenvalue weighted by atomic mass is 79.9. The molecule has 0 unspecified atom stereocenters. The van der Waals surface area contributed by atoms with Crippen molar-refractivity contribution < 1.29 is 9.53 Å². The molecule has 0 N–H and O–H groups in total. The molecule has 1 aromatic heterocycles. The number of likely N-dealkylation sites (N-methyl/N-ethyl adjacent to an activating group) is 1. The molecule has 0 aliphatic carbocycles. The van der Waals surface area contributed by atoms with Crippen LogP contribution in [0.15, 0.2) is 17.0 Å². The Bertz CT molecular complexity index is 480. The number of rotatable bonds is 2. The van der Waals surface area contributed by atoms with E-state index in [1.165, 1.54) is 0 Å². The molecule has 1 aliphatic rings. The largest absolute Gasteiger partial charge is 0.444 e. The molecule has 20 heavy (non-hydrogen) atoms. The van der Waals surface area contributed by atoms with E-state index < -0.39 is 5.60 Å². The average Bonchev–Trinajstić information content (AvgIpc) is 2.25. The van der Waals surface area contributed by atoms with Gasteiger partial charge in [-0.05, 0) is 36.7 Å². The third-order valence-electron chi connectivity index (χ3n) is 3.03. The van der Waals surface area contributed by atoms with Crippen molar-refractivity contribution in [2.45, 2.75) is 32.4 Å². The van der Waals surface area contributed by atoms with Crippen molar-refractivity contribution in [2.75, 3.05) is 25.0 Å². The number of nitrogens with zero attached hydrogens (tertiary/aromatic N) is 4. The van der Waals surface area contributed by atoms with E-state index in [1.807, 2.05) is 32.7 Å². The van der Waals surface area contributed by atoms with Gasteiger partial charge in [0.1, 0.15) is 16.0 Å². The Balaban J connectivity index is 1.87. The standard InChI is InChI=1S/C13H19BrN4O2/c1-13(2,3)20-12(19)18-7-9(8-18)17(4)11-6-15-10(14)5-16-11/h5-6,9H,7-8H2,1-4H3. The molecular formula is C13H19BrN4O2. The lowest BCUT2D eigenvalue weighted by atomic mass is 10.1. The van der Waals surface area contributed by atoms with E-state index in [0.29, 0.717) is 17.7 Å². The molecule has 110 valence electrons. The Kier molecular flexibility index (Phi) is 4.17. The quantitative estimate of drug-likeness (QED) is 0.825. The first-order chi connectivity index (χ1) is 9.26. The van der Waals surface area contributed by atoms with E-state index in [2.05, 4.69) is 25.9 Å². The SMILES string of the molecule is CN(c1cnc(Br)cn1)C1CN(C(=O)OC(C)(C)C)C1. The number of carbonyl (C=O) groups is 1. The van der Waals surface area contributed by atoms with E-state index >= 15 is 0 Å². The number of ether oxygens (including phenoxy) is 1. The second kappa shape index (κ2) is 5.55. The van der Waals surface area contributed by atoms with Crippen molar-refractivity contribution >= 4 is 27.8 Å². The lowest BCUT2D eigenvalue weighted by molar-refractivity contribution is 0.00846. The Labute approximate surface area is 127 Å². The molecule has 2 rings (SSSR count). The highest BCUT2D eigenvalue weighted by Crippen LogP contribution is 2.21. The van der Waals surface area contributed by atoms with E-state index in [1.54, 1.807) is 17.3 Å². The van der Waals surface area contributed by atoms with E-state index in [-0.39, 0.29) is 12.1 Å². The second-order valence-corrected chi connectivity index (χ2v) is 6.66. The predicted molar refractivity (Wildman–Crippen MR) is 79.7 cm³/mol. The van der Waals surface area contributed by atoms with Crippen LogP contribution in [0.2, 0.25) is 0 Å². The first-order valence-corrected chi connectivity index (χ1v) is 7.24. The number of hydrogen-bond acceptors (Lipinski definition) is 5. The molecule has 0 saturated carbocycles. The fraction of sp³-hybridized carbons (Fsp3) is 0.615. The van der Waals surface area contributed by atoms with Crippen molar-refractivity contribution in [3.63, 3.8) is 0 Å². The maximum absolute atomic E-state index is 11.8. The summed E-state index contributed by atoms with van der Waals surface area (Å²) in [5.41, 5.74) is -0.453. The zero-order valence-corrected chi connectivity index (χ0v) is 13.7. The number of anilines is 1. The maximum atomic E-state index is 11.8. The molecule has 0 bridgehead atoms. The minimum Gasteiger partial charge on any atom is -0.444 e. The zero-order valence-electron chi connectivity index (χ0n) is 12.1. The average molecular weight is 343 g/mol. The van der Waals surface area contributed by atoms with Crippen LogP contribution >= 0.6 is 15.9 Å². The molecular weight excluding hydrogens is 324 g/mol. The van der Waals surface area contributed by atoms with Gasteiger partial charge in [0.2, 0.25) is 0 Å². The topological polar surface area (TPSA) is 58.6 Å². The van der Waals surface area contributed by atoms with Gasteiger partial charge in [-0.3, -0.25) is 0 Å². The normalized spacial score (nSPS) is 15.8. The fourth-order valence-corrected chi connectivity index (χ4v) is 2.06. The van der Waals surface area contributed by atoms with Gasteiger partial charge in [0.25, 0.3) is 0 Å². The van der Waals surface area contributed by atoms with Gasteiger partial charge in [0.15, 0.2) is 0 Å². The van der Waals surface area contributed by atoms with Crippen molar-refractivity contribution in [2.24, 2.45) is 0 Å². The van der Waals surface area contributed by atoms with Crippen LogP contribution in [0.5, 0.6) is 0 Å². The summed E-state index contributed by atoms with van der Waals surface area (Å²) < 4.78 is 6.03. The molecule has 1 aromatic rings. The van der Waals surface area contributed by atoms with E-state index in [0.717, 1.165) is 5.82 Å². The molecule has 1 aliphatic heterocycles.